The first-order valence-electron chi connectivity index (χ1n) is 8.53. The second-order valence-electron chi connectivity index (χ2n) is 5.83. The van der Waals surface area contributed by atoms with Crippen molar-refractivity contribution in [2.45, 2.75) is 29.9 Å². The number of nitrogens with one attached hydrogen (secondary N) is 3. The van der Waals surface area contributed by atoms with Crippen molar-refractivity contribution in [1.29, 1.82) is 0 Å². The molecular weight excluding hydrogens is 380 g/mol. The van der Waals surface area contributed by atoms with Crippen molar-refractivity contribution >= 4 is 50.9 Å². The highest BCUT2D eigenvalue weighted by molar-refractivity contribution is 8.02. The Morgan fingerprint density at radius 2 is 1.85 bits per heavy atom. The summed E-state index contributed by atoms with van der Waals surface area (Å²) in [6, 6.07) is 14.9. The summed E-state index contributed by atoms with van der Waals surface area (Å²) >= 11 is 2.91. The molecular formula is C19H20N4O2S2. The number of aromatic nitrogens is 1. The van der Waals surface area contributed by atoms with Crippen LogP contribution in [0.5, 0.6) is 0 Å². The summed E-state index contributed by atoms with van der Waals surface area (Å²) in [7, 11) is 0. The van der Waals surface area contributed by atoms with E-state index < -0.39 is 11.3 Å². The van der Waals surface area contributed by atoms with Crippen LogP contribution in [-0.4, -0.2) is 22.2 Å². The van der Waals surface area contributed by atoms with E-state index >= 15 is 0 Å². The van der Waals surface area contributed by atoms with Crippen LogP contribution in [0.15, 0.2) is 52.9 Å². The molecule has 0 aliphatic rings. The van der Waals surface area contributed by atoms with E-state index in [1.165, 1.54) is 17.3 Å². The molecule has 0 saturated carbocycles. The fourth-order valence-corrected chi connectivity index (χ4v) is 4.52. The fourth-order valence-electron chi connectivity index (χ4n) is 2.31. The average molecular weight is 401 g/mol. The summed E-state index contributed by atoms with van der Waals surface area (Å²) in [5.41, 5.74) is 7.58. The molecule has 1 atom stereocenters. The maximum atomic E-state index is 12.2. The molecule has 1 unspecified atom stereocenters. The molecule has 2 aromatic carbocycles. The molecule has 0 fully saturated rings. The van der Waals surface area contributed by atoms with Crippen molar-refractivity contribution in [3.05, 3.63) is 54.1 Å². The Hall–Kier alpha value is -2.58. The van der Waals surface area contributed by atoms with Gasteiger partial charge in [-0.2, -0.15) is 0 Å². The molecule has 1 aromatic heterocycles. The highest BCUT2D eigenvalue weighted by Crippen LogP contribution is 2.31. The topological polar surface area (TPSA) is 83.1 Å². The van der Waals surface area contributed by atoms with Gasteiger partial charge in [-0.1, -0.05) is 43.0 Å². The molecule has 1 heterocycles. The number of benzene rings is 2. The minimum atomic E-state index is -0.496. The third kappa shape index (κ3) is 5.21. The maximum absolute atomic E-state index is 12.2. The lowest BCUT2D eigenvalue weighted by Crippen LogP contribution is -2.46. The number of hydrogen-bond donors (Lipinski definition) is 3. The van der Waals surface area contributed by atoms with Gasteiger partial charge in [0.25, 0.3) is 5.91 Å². The smallest absolute Gasteiger partial charge is 0.307 e. The molecule has 3 N–H and O–H groups in total. The molecule has 0 aliphatic carbocycles. The van der Waals surface area contributed by atoms with Gasteiger partial charge in [0.1, 0.15) is 0 Å². The zero-order valence-corrected chi connectivity index (χ0v) is 16.6. The Labute approximate surface area is 165 Å². The van der Waals surface area contributed by atoms with Gasteiger partial charge in [0, 0.05) is 5.69 Å². The van der Waals surface area contributed by atoms with Gasteiger partial charge < -0.3 is 5.32 Å². The predicted molar refractivity (Wildman–Crippen MR) is 111 cm³/mol. The number of rotatable bonds is 5. The standard InChI is InChI=1S/C19H20N4O2S2/c1-3-13-8-10-14(11-9-13)20-18(25)23-22-17(24)12(2)26-19-21-15-6-4-5-7-16(15)27-19/h4-12H,3H2,1-2H3,(H,22,24)(H2,20,23,25). The normalized spacial score (nSPS) is 11.8. The van der Waals surface area contributed by atoms with Crippen LogP contribution >= 0.6 is 23.1 Å². The maximum Gasteiger partial charge on any atom is 0.337 e. The molecule has 6 nitrogen and oxygen atoms in total. The van der Waals surface area contributed by atoms with Gasteiger partial charge in [-0.25, -0.2) is 15.2 Å². The van der Waals surface area contributed by atoms with Gasteiger partial charge in [0.15, 0.2) is 4.34 Å². The number of carbonyl (C=O) groups excluding carboxylic acids is 2. The lowest BCUT2D eigenvalue weighted by Gasteiger charge is -2.12. The summed E-state index contributed by atoms with van der Waals surface area (Å²) in [6.07, 6.45) is 0.937. The predicted octanol–water partition coefficient (Wildman–Crippen LogP) is 4.19. The molecule has 140 valence electrons. The van der Waals surface area contributed by atoms with E-state index in [1.54, 1.807) is 18.3 Å². The average Bonchev–Trinajstić information content (AvgIpc) is 3.09. The molecule has 3 rings (SSSR count). The zero-order chi connectivity index (χ0) is 19.2. The van der Waals surface area contributed by atoms with Crippen molar-refractivity contribution < 1.29 is 9.59 Å². The van der Waals surface area contributed by atoms with E-state index in [9.17, 15) is 9.59 Å². The third-order valence-corrected chi connectivity index (χ3v) is 6.07. The minimum absolute atomic E-state index is 0.296. The lowest BCUT2D eigenvalue weighted by atomic mass is 10.1. The first-order chi connectivity index (χ1) is 13.0. The minimum Gasteiger partial charge on any atom is -0.307 e. The monoisotopic (exact) mass is 400 g/mol. The largest absolute Gasteiger partial charge is 0.337 e. The summed E-state index contributed by atoms with van der Waals surface area (Å²) in [5.74, 6) is -0.296. The summed E-state index contributed by atoms with van der Waals surface area (Å²) < 4.78 is 1.90. The number of thiazole rings is 1. The van der Waals surface area contributed by atoms with E-state index in [4.69, 9.17) is 0 Å². The quantitative estimate of drug-likeness (QED) is 0.443. The molecule has 3 amide bonds. The van der Waals surface area contributed by atoms with Crippen LogP contribution in [0, 0.1) is 0 Å². The van der Waals surface area contributed by atoms with Crippen LogP contribution in [0.1, 0.15) is 19.4 Å². The number of para-hydroxylation sites is 1. The van der Waals surface area contributed by atoms with Crippen LogP contribution < -0.4 is 16.2 Å². The number of aryl methyl sites for hydroxylation is 1. The highest BCUT2D eigenvalue weighted by Gasteiger charge is 2.17. The van der Waals surface area contributed by atoms with Crippen LogP contribution in [0.4, 0.5) is 10.5 Å². The molecule has 0 radical (unpaired) electrons. The Balaban J connectivity index is 1.48. The Morgan fingerprint density at radius 3 is 2.56 bits per heavy atom. The molecule has 0 bridgehead atoms. The van der Waals surface area contributed by atoms with Crippen molar-refractivity contribution in [3.8, 4) is 0 Å². The number of hydrazine groups is 1. The van der Waals surface area contributed by atoms with Crippen molar-refractivity contribution in [2.75, 3.05) is 5.32 Å². The first-order valence-corrected chi connectivity index (χ1v) is 10.2. The number of carbonyl (C=O) groups is 2. The SMILES string of the molecule is CCc1ccc(NC(=O)NNC(=O)C(C)Sc2nc3ccccc3s2)cc1. The lowest BCUT2D eigenvalue weighted by molar-refractivity contribution is -0.120. The van der Waals surface area contributed by atoms with Gasteiger partial charge in [0.05, 0.1) is 15.5 Å². The molecule has 0 aliphatic heterocycles. The molecule has 27 heavy (non-hydrogen) atoms. The van der Waals surface area contributed by atoms with Gasteiger partial charge in [-0.3, -0.25) is 10.2 Å². The van der Waals surface area contributed by atoms with Crippen molar-refractivity contribution in [2.24, 2.45) is 0 Å². The van der Waals surface area contributed by atoms with E-state index in [0.29, 0.717) is 5.69 Å². The summed E-state index contributed by atoms with van der Waals surface area (Å²) in [4.78, 5) is 28.6. The van der Waals surface area contributed by atoms with E-state index in [1.807, 2.05) is 48.5 Å². The molecule has 0 saturated heterocycles. The fraction of sp³-hybridized carbons (Fsp3) is 0.211. The van der Waals surface area contributed by atoms with E-state index in [-0.39, 0.29) is 5.91 Å². The zero-order valence-electron chi connectivity index (χ0n) is 15.0. The van der Waals surface area contributed by atoms with Gasteiger partial charge in [-0.15, -0.1) is 11.3 Å². The van der Waals surface area contributed by atoms with Crippen molar-refractivity contribution in [3.63, 3.8) is 0 Å². The van der Waals surface area contributed by atoms with Crippen LogP contribution in [0.3, 0.4) is 0 Å². The number of fused-ring (bicyclic) bond motifs is 1. The van der Waals surface area contributed by atoms with Crippen LogP contribution in [0.25, 0.3) is 10.2 Å². The van der Waals surface area contributed by atoms with Crippen molar-refractivity contribution in [1.82, 2.24) is 15.8 Å². The van der Waals surface area contributed by atoms with Crippen LogP contribution in [-0.2, 0) is 11.2 Å². The summed E-state index contributed by atoms with van der Waals surface area (Å²) in [6.45, 7) is 3.84. The van der Waals surface area contributed by atoms with Crippen LogP contribution in [0.2, 0.25) is 0 Å². The highest BCUT2D eigenvalue weighted by atomic mass is 32.2. The second-order valence-corrected chi connectivity index (χ2v) is 8.45. The number of thioether (sulfide) groups is 1. The van der Waals surface area contributed by atoms with E-state index in [2.05, 4.69) is 28.1 Å². The molecule has 0 spiro atoms. The Kier molecular flexibility index (Phi) is 6.31. The third-order valence-electron chi connectivity index (χ3n) is 3.84. The molecule has 8 heteroatoms. The Bertz CT molecular complexity index is 907. The number of amides is 3. The first kappa shape index (κ1) is 19.2. The van der Waals surface area contributed by atoms with E-state index in [0.717, 1.165) is 21.0 Å². The van der Waals surface area contributed by atoms with Gasteiger partial charge in [0.2, 0.25) is 0 Å². The number of urea groups is 1. The number of hydrogen-bond acceptors (Lipinski definition) is 5. The number of nitrogens with zero attached hydrogens (tertiary/aromatic N) is 1. The second kappa shape index (κ2) is 8.88. The summed E-state index contributed by atoms with van der Waals surface area (Å²) in [5, 5.41) is 2.28. The molecule has 3 aromatic rings. The van der Waals surface area contributed by atoms with Gasteiger partial charge >= 0.3 is 6.03 Å². The Morgan fingerprint density at radius 1 is 1.11 bits per heavy atom. The van der Waals surface area contributed by atoms with Gasteiger partial charge in [-0.05, 0) is 43.2 Å². The number of anilines is 1.